The molecule has 1 heterocycles. The van der Waals surface area contributed by atoms with Crippen molar-refractivity contribution in [1.82, 2.24) is 4.31 Å². The van der Waals surface area contributed by atoms with Crippen molar-refractivity contribution in [3.05, 3.63) is 65.2 Å². The molecule has 27 heavy (non-hydrogen) atoms. The van der Waals surface area contributed by atoms with Gasteiger partial charge in [0.1, 0.15) is 5.75 Å². The lowest BCUT2D eigenvalue weighted by molar-refractivity contribution is -0.128. The van der Waals surface area contributed by atoms with Gasteiger partial charge in [-0.05, 0) is 42.0 Å². The molecule has 0 bridgehead atoms. The van der Waals surface area contributed by atoms with Crippen LogP contribution in [0, 0.1) is 0 Å². The van der Waals surface area contributed by atoms with Crippen molar-refractivity contribution in [2.24, 2.45) is 0 Å². The maximum absolute atomic E-state index is 12.6. The SMILES string of the molecule is O=C(/C=C/c1ccc(S(=O)(=O)N2CCOCC2)cc1)Oc1cccc(Cl)c1. The van der Waals surface area contributed by atoms with Crippen molar-refractivity contribution in [3.8, 4) is 5.75 Å². The Morgan fingerprint density at radius 3 is 2.48 bits per heavy atom. The maximum Gasteiger partial charge on any atom is 0.336 e. The number of esters is 1. The number of sulfonamides is 1. The molecule has 2 aromatic rings. The van der Waals surface area contributed by atoms with Crippen molar-refractivity contribution in [2.75, 3.05) is 26.3 Å². The van der Waals surface area contributed by atoms with Crippen LogP contribution in [0.4, 0.5) is 0 Å². The van der Waals surface area contributed by atoms with Crippen LogP contribution in [0.15, 0.2) is 59.5 Å². The topological polar surface area (TPSA) is 72.9 Å². The van der Waals surface area contributed by atoms with Gasteiger partial charge in [-0.3, -0.25) is 0 Å². The summed E-state index contributed by atoms with van der Waals surface area (Å²) < 4.78 is 36.9. The highest BCUT2D eigenvalue weighted by Gasteiger charge is 2.25. The smallest absolute Gasteiger partial charge is 0.336 e. The summed E-state index contributed by atoms with van der Waals surface area (Å²) in [7, 11) is -3.53. The maximum atomic E-state index is 12.6. The van der Waals surface area contributed by atoms with Crippen LogP contribution >= 0.6 is 11.6 Å². The van der Waals surface area contributed by atoms with Crippen LogP contribution in [0.2, 0.25) is 5.02 Å². The molecule has 142 valence electrons. The van der Waals surface area contributed by atoms with Gasteiger partial charge in [-0.15, -0.1) is 0 Å². The van der Waals surface area contributed by atoms with Gasteiger partial charge in [-0.25, -0.2) is 13.2 Å². The minimum absolute atomic E-state index is 0.211. The first-order valence-corrected chi connectivity index (χ1v) is 10.1. The molecular formula is C19H18ClNO5S. The summed E-state index contributed by atoms with van der Waals surface area (Å²) in [6, 6.07) is 12.8. The summed E-state index contributed by atoms with van der Waals surface area (Å²) in [5, 5.41) is 0.473. The highest BCUT2D eigenvalue weighted by Crippen LogP contribution is 2.19. The summed E-state index contributed by atoms with van der Waals surface area (Å²) >= 11 is 5.84. The Morgan fingerprint density at radius 1 is 1.11 bits per heavy atom. The third kappa shape index (κ3) is 5.17. The fourth-order valence-corrected chi connectivity index (χ4v) is 4.12. The zero-order chi connectivity index (χ0) is 19.3. The van der Waals surface area contributed by atoms with Crippen LogP contribution in [-0.2, 0) is 19.6 Å². The Balaban J connectivity index is 1.64. The number of morpholine rings is 1. The van der Waals surface area contributed by atoms with E-state index in [1.165, 1.54) is 22.5 Å². The quantitative estimate of drug-likeness (QED) is 0.433. The molecule has 3 rings (SSSR count). The average molecular weight is 408 g/mol. The summed E-state index contributed by atoms with van der Waals surface area (Å²) in [5.74, 6) is -0.202. The first-order valence-electron chi connectivity index (χ1n) is 8.28. The second kappa shape index (κ2) is 8.67. The van der Waals surface area contributed by atoms with Crippen LogP contribution in [0.3, 0.4) is 0 Å². The van der Waals surface area contributed by atoms with E-state index in [1.54, 1.807) is 42.5 Å². The van der Waals surface area contributed by atoms with Gasteiger partial charge in [0.25, 0.3) is 0 Å². The molecule has 0 aliphatic carbocycles. The third-order valence-corrected chi connectivity index (χ3v) is 6.06. The third-order valence-electron chi connectivity index (χ3n) is 3.91. The Labute approximate surface area is 163 Å². The summed E-state index contributed by atoms with van der Waals surface area (Å²) in [6.07, 6.45) is 2.82. The normalized spacial score (nSPS) is 15.7. The fraction of sp³-hybridized carbons (Fsp3) is 0.211. The van der Waals surface area contributed by atoms with E-state index in [-0.39, 0.29) is 4.90 Å². The molecule has 0 aromatic heterocycles. The van der Waals surface area contributed by atoms with Crippen LogP contribution in [0.5, 0.6) is 5.75 Å². The zero-order valence-corrected chi connectivity index (χ0v) is 15.9. The van der Waals surface area contributed by atoms with Crippen molar-refractivity contribution >= 4 is 33.7 Å². The van der Waals surface area contributed by atoms with Crippen LogP contribution in [0.25, 0.3) is 6.08 Å². The number of hydrogen-bond donors (Lipinski definition) is 0. The van der Waals surface area contributed by atoms with Crippen LogP contribution < -0.4 is 4.74 Å². The van der Waals surface area contributed by atoms with Gasteiger partial charge in [-0.1, -0.05) is 29.8 Å². The fourth-order valence-electron chi connectivity index (χ4n) is 2.53. The molecule has 8 heteroatoms. The highest BCUT2D eigenvalue weighted by molar-refractivity contribution is 7.89. The lowest BCUT2D eigenvalue weighted by atomic mass is 10.2. The molecule has 6 nitrogen and oxygen atoms in total. The number of ether oxygens (including phenoxy) is 2. The van der Waals surface area contributed by atoms with E-state index in [1.807, 2.05) is 0 Å². The van der Waals surface area contributed by atoms with Gasteiger partial charge in [0.05, 0.1) is 18.1 Å². The number of carbonyl (C=O) groups is 1. The number of nitrogens with zero attached hydrogens (tertiary/aromatic N) is 1. The van der Waals surface area contributed by atoms with E-state index >= 15 is 0 Å². The Morgan fingerprint density at radius 2 is 1.81 bits per heavy atom. The molecule has 0 unspecified atom stereocenters. The van der Waals surface area contributed by atoms with Crippen molar-refractivity contribution in [3.63, 3.8) is 0 Å². The standard InChI is InChI=1S/C19H18ClNO5S/c20-16-2-1-3-17(14-16)26-19(22)9-6-15-4-7-18(8-5-15)27(23,24)21-10-12-25-13-11-21/h1-9,14H,10-13H2/b9-6+. The molecular weight excluding hydrogens is 390 g/mol. The number of rotatable bonds is 5. The molecule has 1 aliphatic heterocycles. The Hall–Kier alpha value is -2.19. The largest absolute Gasteiger partial charge is 0.423 e. The minimum Gasteiger partial charge on any atom is -0.423 e. The van der Waals surface area contributed by atoms with E-state index in [9.17, 15) is 13.2 Å². The van der Waals surface area contributed by atoms with Gasteiger partial charge in [0.2, 0.25) is 10.0 Å². The molecule has 0 radical (unpaired) electrons. The molecule has 1 aliphatic rings. The van der Waals surface area contributed by atoms with E-state index < -0.39 is 16.0 Å². The molecule has 0 atom stereocenters. The monoisotopic (exact) mass is 407 g/mol. The zero-order valence-electron chi connectivity index (χ0n) is 14.4. The second-order valence-corrected chi connectivity index (χ2v) is 8.17. The van der Waals surface area contributed by atoms with Crippen molar-refractivity contribution in [1.29, 1.82) is 0 Å². The van der Waals surface area contributed by atoms with Crippen molar-refractivity contribution < 1.29 is 22.7 Å². The molecule has 0 spiro atoms. The predicted octanol–water partition coefficient (Wildman–Crippen LogP) is 2.98. The molecule has 1 saturated heterocycles. The number of halogens is 1. The van der Waals surface area contributed by atoms with E-state index in [4.69, 9.17) is 21.1 Å². The lowest BCUT2D eigenvalue weighted by Crippen LogP contribution is -2.40. The summed E-state index contributed by atoms with van der Waals surface area (Å²) in [6.45, 7) is 1.49. The predicted molar refractivity (Wildman–Crippen MR) is 102 cm³/mol. The molecule has 2 aromatic carbocycles. The molecule has 0 saturated carbocycles. The van der Waals surface area contributed by atoms with E-state index in [0.717, 1.165) is 0 Å². The van der Waals surface area contributed by atoms with E-state index in [0.29, 0.717) is 42.6 Å². The second-order valence-electron chi connectivity index (χ2n) is 5.80. The highest BCUT2D eigenvalue weighted by atomic mass is 35.5. The summed E-state index contributed by atoms with van der Waals surface area (Å²) in [4.78, 5) is 12.1. The number of hydrogen-bond acceptors (Lipinski definition) is 5. The first-order chi connectivity index (χ1) is 12.9. The molecule has 1 fully saturated rings. The van der Waals surface area contributed by atoms with Crippen LogP contribution in [-0.4, -0.2) is 45.0 Å². The van der Waals surface area contributed by atoms with Crippen molar-refractivity contribution in [2.45, 2.75) is 4.90 Å². The van der Waals surface area contributed by atoms with Gasteiger partial charge in [0, 0.05) is 24.2 Å². The minimum atomic E-state index is -3.53. The summed E-state index contributed by atoms with van der Waals surface area (Å²) in [5.41, 5.74) is 0.680. The Bertz CT molecular complexity index is 935. The van der Waals surface area contributed by atoms with E-state index in [2.05, 4.69) is 0 Å². The number of carbonyl (C=O) groups excluding carboxylic acids is 1. The average Bonchev–Trinajstić information content (AvgIpc) is 2.67. The lowest BCUT2D eigenvalue weighted by Gasteiger charge is -2.26. The van der Waals surface area contributed by atoms with Crippen LogP contribution in [0.1, 0.15) is 5.56 Å². The Kier molecular flexibility index (Phi) is 6.28. The number of benzene rings is 2. The molecule has 0 N–H and O–H groups in total. The first kappa shape index (κ1) is 19.6. The molecule has 0 amide bonds. The van der Waals surface area contributed by atoms with Gasteiger partial charge < -0.3 is 9.47 Å². The van der Waals surface area contributed by atoms with Gasteiger partial charge >= 0.3 is 5.97 Å². The van der Waals surface area contributed by atoms with Gasteiger partial charge in [-0.2, -0.15) is 4.31 Å². The van der Waals surface area contributed by atoms with Gasteiger partial charge in [0.15, 0.2) is 0 Å².